The van der Waals surface area contributed by atoms with Gasteiger partial charge in [0.2, 0.25) is 0 Å². The molecule has 0 bridgehead atoms. The van der Waals surface area contributed by atoms with Crippen molar-refractivity contribution < 1.29 is 19.4 Å². The second-order valence-electron chi connectivity index (χ2n) is 4.33. The van der Waals surface area contributed by atoms with Crippen LogP contribution in [0.4, 0.5) is 0 Å². The van der Waals surface area contributed by atoms with Crippen molar-refractivity contribution in [3.8, 4) is 5.75 Å². The molecule has 19 heavy (non-hydrogen) atoms. The molecule has 5 nitrogen and oxygen atoms in total. The molecule has 0 saturated carbocycles. The molecule has 1 aromatic carbocycles. The smallest absolute Gasteiger partial charge is 0.335 e. The van der Waals surface area contributed by atoms with Gasteiger partial charge in [-0.05, 0) is 47.0 Å². The minimum Gasteiger partial charge on any atom is -0.483 e. The molecule has 1 aromatic rings. The summed E-state index contributed by atoms with van der Waals surface area (Å²) in [6.45, 7) is 1.56. The summed E-state index contributed by atoms with van der Waals surface area (Å²) in [6.07, 6.45) is 2.09. The van der Waals surface area contributed by atoms with Gasteiger partial charge < -0.3 is 14.7 Å². The first-order valence-electron chi connectivity index (χ1n) is 6.01. The van der Waals surface area contributed by atoms with Crippen molar-refractivity contribution in [2.75, 3.05) is 19.7 Å². The molecule has 6 heteroatoms. The van der Waals surface area contributed by atoms with E-state index in [2.05, 4.69) is 15.9 Å². The number of carboxylic acid groups (broad SMARTS) is 1. The van der Waals surface area contributed by atoms with Gasteiger partial charge in [-0.1, -0.05) is 0 Å². The molecule has 1 aliphatic heterocycles. The molecule has 1 N–H and O–H groups in total. The van der Waals surface area contributed by atoms with Gasteiger partial charge in [0, 0.05) is 13.1 Å². The van der Waals surface area contributed by atoms with E-state index in [1.807, 2.05) is 0 Å². The SMILES string of the molecule is O=C(O)c1ccc(OCC(=O)N2CCCC2)c(Br)c1. The van der Waals surface area contributed by atoms with Crippen molar-refractivity contribution in [3.63, 3.8) is 0 Å². The van der Waals surface area contributed by atoms with Crippen LogP contribution in [0.25, 0.3) is 0 Å². The lowest BCUT2D eigenvalue weighted by molar-refractivity contribution is -0.132. The highest BCUT2D eigenvalue weighted by molar-refractivity contribution is 9.10. The van der Waals surface area contributed by atoms with Crippen LogP contribution in [0.1, 0.15) is 23.2 Å². The third-order valence-electron chi connectivity index (χ3n) is 2.99. The largest absolute Gasteiger partial charge is 0.483 e. The number of aromatic carboxylic acids is 1. The fourth-order valence-electron chi connectivity index (χ4n) is 1.95. The van der Waals surface area contributed by atoms with E-state index in [1.54, 1.807) is 11.0 Å². The van der Waals surface area contributed by atoms with Crippen LogP contribution < -0.4 is 4.74 Å². The summed E-state index contributed by atoms with van der Waals surface area (Å²) in [5, 5.41) is 8.84. The number of hydrogen-bond acceptors (Lipinski definition) is 3. The predicted molar refractivity (Wildman–Crippen MR) is 72.4 cm³/mol. The Morgan fingerprint density at radius 3 is 2.58 bits per heavy atom. The number of hydrogen-bond donors (Lipinski definition) is 1. The summed E-state index contributed by atoms with van der Waals surface area (Å²) in [4.78, 5) is 24.4. The number of rotatable bonds is 4. The van der Waals surface area contributed by atoms with Gasteiger partial charge in [-0.2, -0.15) is 0 Å². The highest BCUT2D eigenvalue weighted by Crippen LogP contribution is 2.26. The Bertz CT molecular complexity index is 497. The summed E-state index contributed by atoms with van der Waals surface area (Å²) in [5.74, 6) is -0.565. The van der Waals surface area contributed by atoms with Crippen LogP contribution in [0.15, 0.2) is 22.7 Å². The van der Waals surface area contributed by atoms with Crippen molar-refractivity contribution in [1.82, 2.24) is 4.90 Å². The van der Waals surface area contributed by atoms with Crippen molar-refractivity contribution in [3.05, 3.63) is 28.2 Å². The van der Waals surface area contributed by atoms with Crippen LogP contribution >= 0.6 is 15.9 Å². The number of nitrogens with zero attached hydrogens (tertiary/aromatic N) is 1. The first-order valence-corrected chi connectivity index (χ1v) is 6.80. The molecule has 0 radical (unpaired) electrons. The summed E-state index contributed by atoms with van der Waals surface area (Å²) in [6, 6.07) is 4.45. The van der Waals surface area contributed by atoms with Gasteiger partial charge in [0.25, 0.3) is 5.91 Å². The zero-order valence-corrected chi connectivity index (χ0v) is 11.9. The summed E-state index contributed by atoms with van der Waals surface area (Å²) in [7, 11) is 0. The molecule has 0 spiro atoms. The second kappa shape index (κ2) is 6.06. The second-order valence-corrected chi connectivity index (χ2v) is 5.18. The van der Waals surface area contributed by atoms with E-state index in [1.165, 1.54) is 12.1 Å². The number of carboxylic acids is 1. The van der Waals surface area contributed by atoms with E-state index in [4.69, 9.17) is 9.84 Å². The average molecular weight is 328 g/mol. The lowest BCUT2D eigenvalue weighted by Crippen LogP contribution is -2.32. The molecule has 1 aliphatic rings. The Labute approximate surface area is 119 Å². The number of benzene rings is 1. The fraction of sp³-hybridized carbons (Fsp3) is 0.385. The number of carbonyl (C=O) groups is 2. The van der Waals surface area contributed by atoms with Crippen LogP contribution in [0.3, 0.4) is 0 Å². The zero-order valence-electron chi connectivity index (χ0n) is 10.3. The molecular formula is C13H14BrNO4. The number of likely N-dealkylation sites (tertiary alicyclic amines) is 1. The molecule has 0 aromatic heterocycles. The normalized spacial score (nSPS) is 14.5. The lowest BCUT2D eigenvalue weighted by Gasteiger charge is -2.16. The van der Waals surface area contributed by atoms with Gasteiger partial charge in [-0.15, -0.1) is 0 Å². The van der Waals surface area contributed by atoms with Crippen LogP contribution in [-0.4, -0.2) is 41.6 Å². The topological polar surface area (TPSA) is 66.8 Å². The molecule has 1 fully saturated rings. The Morgan fingerprint density at radius 2 is 2.00 bits per heavy atom. The standard InChI is InChI=1S/C13H14BrNO4/c14-10-7-9(13(17)18)3-4-11(10)19-8-12(16)15-5-1-2-6-15/h3-4,7H,1-2,5-6,8H2,(H,17,18). The average Bonchev–Trinajstić information content (AvgIpc) is 2.90. The van der Waals surface area contributed by atoms with Crippen molar-refractivity contribution in [2.24, 2.45) is 0 Å². The van der Waals surface area contributed by atoms with Crippen LogP contribution in [0.2, 0.25) is 0 Å². The van der Waals surface area contributed by atoms with Gasteiger partial charge >= 0.3 is 5.97 Å². The van der Waals surface area contributed by atoms with Crippen molar-refractivity contribution in [1.29, 1.82) is 0 Å². The van der Waals surface area contributed by atoms with Crippen LogP contribution in [-0.2, 0) is 4.79 Å². The summed E-state index contributed by atoms with van der Waals surface area (Å²) in [5.41, 5.74) is 0.171. The summed E-state index contributed by atoms with van der Waals surface area (Å²) < 4.78 is 5.94. The van der Waals surface area contributed by atoms with E-state index in [0.717, 1.165) is 25.9 Å². The first kappa shape index (κ1) is 13.9. The molecule has 1 saturated heterocycles. The fourth-order valence-corrected chi connectivity index (χ4v) is 2.44. The number of carbonyl (C=O) groups excluding carboxylic acids is 1. The highest BCUT2D eigenvalue weighted by atomic mass is 79.9. The monoisotopic (exact) mass is 327 g/mol. The Hall–Kier alpha value is -1.56. The number of amides is 1. The lowest BCUT2D eigenvalue weighted by atomic mass is 10.2. The first-order chi connectivity index (χ1) is 9.08. The minimum atomic E-state index is -1.000. The molecule has 0 aliphatic carbocycles. The van der Waals surface area contributed by atoms with Crippen molar-refractivity contribution in [2.45, 2.75) is 12.8 Å². The summed E-state index contributed by atoms with van der Waals surface area (Å²) >= 11 is 3.24. The maximum Gasteiger partial charge on any atom is 0.335 e. The maximum absolute atomic E-state index is 11.8. The molecule has 0 atom stereocenters. The molecule has 102 valence electrons. The minimum absolute atomic E-state index is 0.0228. The number of halogens is 1. The molecular weight excluding hydrogens is 314 g/mol. The molecule has 0 unspecified atom stereocenters. The Balaban J connectivity index is 1.95. The molecule has 1 heterocycles. The molecule has 2 rings (SSSR count). The van der Waals surface area contributed by atoms with Crippen LogP contribution in [0.5, 0.6) is 5.75 Å². The van der Waals surface area contributed by atoms with E-state index in [9.17, 15) is 9.59 Å². The highest BCUT2D eigenvalue weighted by Gasteiger charge is 2.18. The third kappa shape index (κ3) is 3.47. The quantitative estimate of drug-likeness (QED) is 0.920. The van der Waals surface area contributed by atoms with Gasteiger partial charge in [-0.3, -0.25) is 4.79 Å². The van der Waals surface area contributed by atoms with Gasteiger partial charge in [0.15, 0.2) is 6.61 Å². The maximum atomic E-state index is 11.8. The van der Waals surface area contributed by atoms with Gasteiger partial charge in [0.05, 0.1) is 10.0 Å². The van der Waals surface area contributed by atoms with Gasteiger partial charge in [0.1, 0.15) is 5.75 Å². The predicted octanol–water partition coefficient (Wildman–Crippen LogP) is 2.15. The van der Waals surface area contributed by atoms with Crippen molar-refractivity contribution >= 4 is 27.8 Å². The van der Waals surface area contributed by atoms with Crippen LogP contribution in [0, 0.1) is 0 Å². The molecule has 1 amide bonds. The third-order valence-corrected chi connectivity index (χ3v) is 3.61. The van der Waals surface area contributed by atoms with E-state index in [0.29, 0.717) is 10.2 Å². The zero-order chi connectivity index (χ0) is 13.8. The number of ether oxygens (including phenoxy) is 1. The van der Waals surface area contributed by atoms with E-state index >= 15 is 0 Å². The van der Waals surface area contributed by atoms with Gasteiger partial charge in [-0.25, -0.2) is 4.79 Å². The Morgan fingerprint density at radius 1 is 1.32 bits per heavy atom. The van der Waals surface area contributed by atoms with E-state index < -0.39 is 5.97 Å². The van der Waals surface area contributed by atoms with E-state index in [-0.39, 0.29) is 18.1 Å². The Kier molecular flexibility index (Phi) is 4.42.